The van der Waals surface area contributed by atoms with Crippen LogP contribution in [0, 0.1) is 0 Å². The average molecular weight is 506 g/mol. The predicted octanol–water partition coefficient (Wildman–Crippen LogP) is 4.10. The maximum Gasteiger partial charge on any atom is 0.275 e. The second kappa shape index (κ2) is 9.55. The number of amides is 1. The lowest BCUT2D eigenvalue weighted by atomic mass is 10.1. The Balaban J connectivity index is 1.30. The number of nitrogens with one attached hydrogen (secondary N) is 1. The quantitative estimate of drug-likeness (QED) is 0.432. The third kappa shape index (κ3) is 4.93. The Hall–Kier alpha value is -3.44. The van der Waals surface area contributed by atoms with Crippen molar-refractivity contribution in [1.29, 1.82) is 0 Å². The fraction of sp³-hybridized carbons (Fsp3) is 0.440. The molecule has 0 saturated carbocycles. The van der Waals surface area contributed by atoms with E-state index in [1.54, 1.807) is 36.0 Å². The number of piperazine rings is 1. The molecule has 0 radical (unpaired) electrons. The molecule has 1 N–H and O–H groups in total. The van der Waals surface area contributed by atoms with Gasteiger partial charge in [-0.3, -0.25) is 9.69 Å². The molecule has 1 aliphatic heterocycles. The van der Waals surface area contributed by atoms with E-state index >= 15 is 0 Å². The van der Waals surface area contributed by atoms with Crippen LogP contribution >= 0.6 is 11.3 Å². The zero-order valence-electron chi connectivity index (χ0n) is 21.3. The highest BCUT2D eigenvalue weighted by Crippen LogP contribution is 2.30. The number of hydrogen-bond acceptors (Lipinski definition) is 9. The van der Waals surface area contributed by atoms with Crippen molar-refractivity contribution in [3.05, 3.63) is 42.5 Å². The van der Waals surface area contributed by atoms with Gasteiger partial charge in [0.25, 0.3) is 5.91 Å². The summed E-state index contributed by atoms with van der Waals surface area (Å²) in [5, 5.41) is 12.0. The zero-order valence-corrected chi connectivity index (χ0v) is 22.1. The third-order valence-corrected chi connectivity index (χ3v) is 7.42. The fourth-order valence-corrected chi connectivity index (χ4v) is 5.29. The van der Waals surface area contributed by atoms with Crippen LogP contribution in [0.4, 0.5) is 10.9 Å². The minimum Gasteiger partial charge on any atom is -0.345 e. The van der Waals surface area contributed by atoms with Crippen molar-refractivity contribution in [2.24, 2.45) is 0 Å². The maximum absolute atomic E-state index is 13.0. The Kier molecular flexibility index (Phi) is 6.44. The van der Waals surface area contributed by atoms with Gasteiger partial charge < -0.3 is 14.8 Å². The summed E-state index contributed by atoms with van der Waals surface area (Å²) in [6, 6.07) is 7.43. The number of hydrogen-bond donors (Lipinski definition) is 1. The topological polar surface area (TPSA) is 105 Å². The van der Waals surface area contributed by atoms with E-state index in [4.69, 9.17) is 4.98 Å². The van der Waals surface area contributed by atoms with E-state index in [2.05, 4.69) is 69.9 Å². The number of nitrogens with zero attached hydrogens (tertiary/aromatic N) is 8. The second-order valence-corrected chi connectivity index (χ2v) is 11.2. The van der Waals surface area contributed by atoms with Gasteiger partial charge in [0.15, 0.2) is 11.0 Å². The standard InChI is InChI=1S/C25H31N9OS/c1-16(2)34-15-27-31-22(34)17-7-6-8-21(28-17)30-23(35)18-13-20-19(14-26-18)29-24(36-20)32-9-11-33(12-10-32)25(3,4)5/h6-8,13-16H,9-12H2,1-5H3,(H,28,30,35). The number of rotatable bonds is 5. The molecule has 10 nitrogen and oxygen atoms in total. The smallest absolute Gasteiger partial charge is 0.275 e. The molecule has 1 amide bonds. The monoisotopic (exact) mass is 505 g/mol. The van der Waals surface area contributed by atoms with Crippen LogP contribution in [0.3, 0.4) is 0 Å². The summed E-state index contributed by atoms with van der Waals surface area (Å²) in [6.45, 7) is 14.7. The first-order chi connectivity index (χ1) is 17.2. The minimum atomic E-state index is -0.319. The van der Waals surface area contributed by atoms with Crippen LogP contribution in [0.2, 0.25) is 0 Å². The van der Waals surface area contributed by atoms with E-state index in [0.717, 1.165) is 41.5 Å². The molecule has 0 bridgehead atoms. The van der Waals surface area contributed by atoms with Crippen molar-refractivity contribution in [3.63, 3.8) is 0 Å². The maximum atomic E-state index is 13.0. The molecule has 5 heterocycles. The number of pyridine rings is 2. The fourth-order valence-electron chi connectivity index (χ4n) is 4.26. The summed E-state index contributed by atoms with van der Waals surface area (Å²) < 4.78 is 2.88. The zero-order chi connectivity index (χ0) is 25.4. The molecule has 36 heavy (non-hydrogen) atoms. The van der Waals surface area contributed by atoms with Crippen LogP contribution in [0.5, 0.6) is 0 Å². The average Bonchev–Trinajstić information content (AvgIpc) is 3.51. The highest BCUT2D eigenvalue weighted by molar-refractivity contribution is 7.22. The van der Waals surface area contributed by atoms with Crippen LogP contribution in [0.1, 0.15) is 51.1 Å². The Morgan fingerprint density at radius 3 is 2.61 bits per heavy atom. The van der Waals surface area contributed by atoms with Gasteiger partial charge in [-0.05, 0) is 52.8 Å². The first kappa shape index (κ1) is 24.3. The molecule has 0 atom stereocenters. The Bertz CT molecular complexity index is 1380. The number of carbonyl (C=O) groups excluding carboxylic acids is 1. The van der Waals surface area contributed by atoms with E-state index in [9.17, 15) is 4.79 Å². The summed E-state index contributed by atoms with van der Waals surface area (Å²) in [5.41, 5.74) is 1.94. The van der Waals surface area contributed by atoms with E-state index in [1.807, 2.05) is 16.7 Å². The van der Waals surface area contributed by atoms with Crippen LogP contribution in [0.25, 0.3) is 21.7 Å². The van der Waals surface area contributed by atoms with Gasteiger partial charge in [-0.15, -0.1) is 10.2 Å². The molecule has 0 aromatic carbocycles. The van der Waals surface area contributed by atoms with Crippen molar-refractivity contribution in [1.82, 2.24) is 34.6 Å². The van der Waals surface area contributed by atoms with E-state index < -0.39 is 0 Å². The summed E-state index contributed by atoms with van der Waals surface area (Å²) in [5.74, 6) is 0.765. The molecule has 188 valence electrons. The summed E-state index contributed by atoms with van der Waals surface area (Å²) in [7, 11) is 0. The molecule has 0 unspecified atom stereocenters. The summed E-state index contributed by atoms with van der Waals surface area (Å²) in [6.07, 6.45) is 3.35. The Morgan fingerprint density at radius 2 is 1.89 bits per heavy atom. The number of aromatic nitrogens is 6. The Labute approximate surface area is 214 Å². The molecule has 1 aliphatic rings. The molecule has 0 aliphatic carbocycles. The normalized spacial score (nSPS) is 15.1. The van der Waals surface area contributed by atoms with Crippen molar-refractivity contribution >= 4 is 38.4 Å². The lowest BCUT2D eigenvalue weighted by molar-refractivity contribution is 0.102. The lowest BCUT2D eigenvalue weighted by Gasteiger charge is -2.42. The van der Waals surface area contributed by atoms with Crippen LogP contribution in [-0.2, 0) is 0 Å². The molecular formula is C25H31N9OS. The van der Waals surface area contributed by atoms with E-state index in [-0.39, 0.29) is 17.5 Å². The SMILES string of the molecule is CC(C)n1cnnc1-c1cccc(NC(=O)c2cc3sc(N4CCN(C(C)(C)C)CC4)nc3cn2)n1. The van der Waals surface area contributed by atoms with Crippen molar-refractivity contribution in [2.75, 3.05) is 36.4 Å². The summed E-state index contributed by atoms with van der Waals surface area (Å²) in [4.78, 5) is 31.5. The number of carbonyl (C=O) groups is 1. The van der Waals surface area contributed by atoms with Crippen molar-refractivity contribution < 1.29 is 4.79 Å². The highest BCUT2D eigenvalue weighted by atomic mass is 32.1. The second-order valence-electron chi connectivity index (χ2n) is 10.2. The molecule has 1 fully saturated rings. The van der Waals surface area contributed by atoms with Crippen molar-refractivity contribution in [2.45, 2.75) is 46.2 Å². The minimum absolute atomic E-state index is 0.173. The van der Waals surface area contributed by atoms with Gasteiger partial charge in [-0.25, -0.2) is 15.0 Å². The molecular weight excluding hydrogens is 474 g/mol. The highest BCUT2D eigenvalue weighted by Gasteiger charge is 2.27. The first-order valence-corrected chi connectivity index (χ1v) is 13.0. The van der Waals surface area contributed by atoms with Gasteiger partial charge in [0.05, 0.1) is 10.9 Å². The number of fused-ring (bicyclic) bond motifs is 1. The van der Waals surface area contributed by atoms with Gasteiger partial charge in [-0.2, -0.15) is 0 Å². The lowest BCUT2D eigenvalue weighted by Crippen LogP contribution is -2.53. The third-order valence-electron chi connectivity index (χ3n) is 6.34. The van der Waals surface area contributed by atoms with Crippen LogP contribution in [0.15, 0.2) is 36.8 Å². The van der Waals surface area contributed by atoms with Crippen LogP contribution < -0.4 is 10.2 Å². The number of thiazole rings is 1. The molecule has 4 aromatic rings. The van der Waals surface area contributed by atoms with Gasteiger partial charge in [0, 0.05) is 37.8 Å². The van der Waals surface area contributed by atoms with E-state index in [1.165, 1.54) is 0 Å². The van der Waals surface area contributed by atoms with Gasteiger partial charge in [0.1, 0.15) is 29.0 Å². The molecule has 5 rings (SSSR count). The van der Waals surface area contributed by atoms with Gasteiger partial charge in [-0.1, -0.05) is 17.4 Å². The predicted molar refractivity (Wildman–Crippen MR) is 143 cm³/mol. The van der Waals surface area contributed by atoms with Gasteiger partial charge >= 0.3 is 0 Å². The molecule has 11 heteroatoms. The van der Waals surface area contributed by atoms with E-state index in [0.29, 0.717) is 23.0 Å². The molecule has 1 saturated heterocycles. The Morgan fingerprint density at radius 1 is 1.11 bits per heavy atom. The first-order valence-electron chi connectivity index (χ1n) is 12.1. The largest absolute Gasteiger partial charge is 0.345 e. The number of anilines is 2. The summed E-state index contributed by atoms with van der Waals surface area (Å²) >= 11 is 1.60. The van der Waals surface area contributed by atoms with Crippen LogP contribution in [-0.4, -0.2) is 72.2 Å². The molecule has 0 spiro atoms. The van der Waals surface area contributed by atoms with Gasteiger partial charge in [0.2, 0.25) is 0 Å². The molecule has 4 aromatic heterocycles. The van der Waals surface area contributed by atoms with Crippen molar-refractivity contribution in [3.8, 4) is 11.5 Å².